The Kier molecular flexibility index (Phi) is 7.05. The van der Waals surface area contributed by atoms with E-state index in [0.717, 1.165) is 0 Å². The standard InChI is InChI=1S/C33H36I/c1-23-18-24(2)31(25(3)19-23)34-30-21-28(32(4,5)26-14-10-8-11-15-26)20-29(22-30)33(6,7)27-16-12-9-13-17-27/h8-22H,1-7H3/q+1. The topological polar surface area (TPSA) is 0 Å². The van der Waals surface area contributed by atoms with Crippen LogP contribution in [0, 0.1) is 27.9 Å². The Bertz CT molecular complexity index is 1190. The zero-order chi connectivity index (χ0) is 24.5. The Labute approximate surface area is 216 Å². The monoisotopic (exact) mass is 559 g/mol. The third-order valence-electron chi connectivity index (χ3n) is 7.12. The van der Waals surface area contributed by atoms with Crippen LogP contribution in [-0.2, 0) is 10.8 Å². The molecular weight excluding hydrogens is 523 g/mol. The van der Waals surface area contributed by atoms with Crippen LogP contribution >= 0.6 is 0 Å². The van der Waals surface area contributed by atoms with Crippen LogP contribution in [0.2, 0.25) is 0 Å². The number of hydrogen-bond donors (Lipinski definition) is 0. The van der Waals surface area contributed by atoms with Gasteiger partial charge >= 0.3 is 21.2 Å². The van der Waals surface area contributed by atoms with Crippen molar-refractivity contribution in [1.82, 2.24) is 0 Å². The number of halogens is 1. The van der Waals surface area contributed by atoms with Crippen LogP contribution in [0.5, 0.6) is 0 Å². The highest BCUT2D eigenvalue weighted by Gasteiger charge is 2.32. The number of benzene rings is 4. The SMILES string of the molecule is Cc1cc(C)c([I+]c2cc(C(C)(C)c3ccccc3)cc(C(C)(C)c3ccccc3)c2)c(C)c1. The van der Waals surface area contributed by atoms with Gasteiger partial charge in [-0.15, -0.1) is 0 Å². The lowest BCUT2D eigenvalue weighted by Crippen LogP contribution is -3.62. The predicted molar refractivity (Wildman–Crippen MR) is 142 cm³/mol. The minimum atomic E-state index is -0.298. The van der Waals surface area contributed by atoms with Crippen LogP contribution in [0.3, 0.4) is 0 Å². The van der Waals surface area contributed by atoms with Crippen molar-refractivity contribution in [3.63, 3.8) is 0 Å². The van der Waals surface area contributed by atoms with E-state index < -0.39 is 0 Å². The lowest BCUT2D eigenvalue weighted by atomic mass is 9.73. The molecule has 34 heavy (non-hydrogen) atoms. The van der Waals surface area contributed by atoms with Gasteiger partial charge < -0.3 is 0 Å². The third kappa shape index (κ3) is 5.00. The van der Waals surface area contributed by atoms with Crippen molar-refractivity contribution < 1.29 is 21.2 Å². The van der Waals surface area contributed by atoms with Crippen molar-refractivity contribution in [2.45, 2.75) is 59.3 Å². The maximum Gasteiger partial charge on any atom is 0.358 e. The maximum atomic E-state index is 2.49. The van der Waals surface area contributed by atoms with E-state index in [4.69, 9.17) is 0 Å². The Morgan fingerprint density at radius 1 is 0.500 bits per heavy atom. The zero-order valence-electron chi connectivity index (χ0n) is 21.5. The Morgan fingerprint density at radius 2 is 0.912 bits per heavy atom. The molecule has 0 aliphatic carbocycles. The van der Waals surface area contributed by atoms with Crippen molar-refractivity contribution in [3.05, 3.63) is 137 Å². The van der Waals surface area contributed by atoms with Gasteiger partial charge in [0.1, 0.15) is 0 Å². The second kappa shape index (κ2) is 9.70. The molecule has 0 aromatic heterocycles. The van der Waals surface area contributed by atoms with E-state index in [1.54, 1.807) is 3.57 Å². The van der Waals surface area contributed by atoms with Crippen molar-refractivity contribution in [2.75, 3.05) is 0 Å². The van der Waals surface area contributed by atoms with Gasteiger partial charge in [-0.3, -0.25) is 0 Å². The minimum absolute atomic E-state index is 0.0695. The van der Waals surface area contributed by atoms with E-state index >= 15 is 0 Å². The van der Waals surface area contributed by atoms with Crippen molar-refractivity contribution in [1.29, 1.82) is 0 Å². The molecule has 4 aromatic rings. The fraction of sp³-hybridized carbons (Fsp3) is 0.273. The van der Waals surface area contributed by atoms with Crippen LogP contribution in [0.25, 0.3) is 0 Å². The summed E-state index contributed by atoms with van der Waals surface area (Å²) in [6.07, 6.45) is 0. The average molecular weight is 560 g/mol. The summed E-state index contributed by atoms with van der Waals surface area (Å²) in [5.41, 5.74) is 9.60. The van der Waals surface area contributed by atoms with Gasteiger partial charge in [-0.1, -0.05) is 112 Å². The van der Waals surface area contributed by atoms with Crippen molar-refractivity contribution >= 4 is 0 Å². The second-order valence-electron chi connectivity index (χ2n) is 10.5. The van der Waals surface area contributed by atoms with Gasteiger partial charge in [0.25, 0.3) is 0 Å². The molecule has 0 bridgehead atoms. The van der Waals surface area contributed by atoms with Crippen LogP contribution in [-0.4, -0.2) is 0 Å². The maximum absolute atomic E-state index is 2.49. The lowest BCUT2D eigenvalue weighted by Gasteiger charge is -2.30. The van der Waals surface area contributed by atoms with Crippen molar-refractivity contribution in [2.24, 2.45) is 0 Å². The van der Waals surface area contributed by atoms with Gasteiger partial charge in [-0.25, -0.2) is 0 Å². The Morgan fingerprint density at radius 3 is 1.32 bits per heavy atom. The molecule has 0 heterocycles. The van der Waals surface area contributed by atoms with Crippen LogP contribution in [0.1, 0.15) is 66.6 Å². The summed E-state index contributed by atoms with van der Waals surface area (Å²) < 4.78 is 3.05. The summed E-state index contributed by atoms with van der Waals surface area (Å²) in [5, 5.41) is 0. The number of aryl methyl sites for hydroxylation is 3. The van der Waals surface area contributed by atoms with Gasteiger partial charge in [0.15, 0.2) is 7.14 Å². The van der Waals surface area contributed by atoms with E-state index in [1.807, 2.05) is 0 Å². The lowest BCUT2D eigenvalue weighted by molar-refractivity contribution is -0.598. The molecule has 0 fully saturated rings. The van der Waals surface area contributed by atoms with Crippen LogP contribution in [0.15, 0.2) is 91.0 Å². The molecule has 0 spiro atoms. The normalized spacial score (nSPS) is 12.1. The highest BCUT2D eigenvalue weighted by Crippen LogP contribution is 2.36. The molecule has 4 aromatic carbocycles. The molecule has 0 amide bonds. The van der Waals surface area contributed by atoms with E-state index in [0.29, 0.717) is 0 Å². The summed E-state index contributed by atoms with van der Waals surface area (Å²) in [5.74, 6) is 0. The molecule has 0 unspecified atom stereocenters. The van der Waals surface area contributed by atoms with E-state index in [9.17, 15) is 0 Å². The number of rotatable bonds is 6. The Balaban J connectivity index is 1.88. The quantitative estimate of drug-likeness (QED) is 0.278. The predicted octanol–water partition coefficient (Wildman–Crippen LogP) is 5.39. The molecule has 0 N–H and O–H groups in total. The molecule has 0 saturated carbocycles. The number of hydrogen-bond acceptors (Lipinski definition) is 0. The second-order valence-corrected chi connectivity index (χ2v) is 13.4. The van der Waals surface area contributed by atoms with Gasteiger partial charge in [0, 0.05) is 22.0 Å². The van der Waals surface area contributed by atoms with E-state index in [-0.39, 0.29) is 32.0 Å². The Hall–Kier alpha value is -2.39. The van der Waals surface area contributed by atoms with E-state index in [2.05, 4.69) is 139 Å². The van der Waals surface area contributed by atoms with Crippen LogP contribution < -0.4 is 21.2 Å². The fourth-order valence-corrected chi connectivity index (χ4v) is 7.60. The highest BCUT2D eigenvalue weighted by atomic mass is 127. The summed E-state index contributed by atoms with van der Waals surface area (Å²) >= 11 is -0.298. The largest absolute Gasteiger partial charge is 0.358 e. The fourth-order valence-electron chi connectivity index (χ4n) is 4.83. The molecule has 0 aliphatic rings. The summed E-state index contributed by atoms with van der Waals surface area (Å²) in [4.78, 5) is 0. The van der Waals surface area contributed by atoms with Gasteiger partial charge in [-0.05, 0) is 55.2 Å². The first kappa shape index (κ1) is 24.7. The molecule has 0 saturated heterocycles. The highest BCUT2D eigenvalue weighted by molar-refractivity contribution is 5.44. The van der Waals surface area contributed by atoms with Gasteiger partial charge in [0.05, 0.1) is 0 Å². The zero-order valence-corrected chi connectivity index (χ0v) is 23.7. The molecule has 0 nitrogen and oxygen atoms in total. The summed E-state index contributed by atoms with van der Waals surface area (Å²) in [6, 6.07) is 34.0. The van der Waals surface area contributed by atoms with Gasteiger partial charge in [0.2, 0.25) is 0 Å². The molecule has 1 heteroatoms. The van der Waals surface area contributed by atoms with Crippen LogP contribution in [0.4, 0.5) is 0 Å². The molecule has 174 valence electrons. The third-order valence-corrected chi connectivity index (χ3v) is 10.6. The molecule has 0 atom stereocenters. The van der Waals surface area contributed by atoms with Gasteiger partial charge in [-0.2, -0.15) is 0 Å². The smallest absolute Gasteiger partial charge is 0.0622 e. The minimum Gasteiger partial charge on any atom is -0.0622 e. The van der Waals surface area contributed by atoms with Crippen molar-refractivity contribution in [3.8, 4) is 0 Å². The first-order chi connectivity index (χ1) is 16.1. The molecule has 0 aliphatic heterocycles. The molecule has 0 radical (unpaired) electrons. The first-order valence-corrected chi connectivity index (χ1v) is 14.2. The molecule has 4 rings (SSSR count). The summed E-state index contributed by atoms with van der Waals surface area (Å²) in [7, 11) is 0. The van der Waals surface area contributed by atoms with E-state index in [1.165, 1.54) is 42.5 Å². The molecular formula is C33H36I+. The first-order valence-electron chi connectivity index (χ1n) is 12.1. The average Bonchev–Trinajstić information content (AvgIpc) is 2.82. The summed E-state index contributed by atoms with van der Waals surface area (Å²) in [6.45, 7) is 16.2.